The molecule has 18 heavy (non-hydrogen) atoms. The quantitative estimate of drug-likeness (QED) is 0.759. The van der Waals surface area contributed by atoms with Crippen LogP contribution in [0.25, 0.3) is 0 Å². The molecule has 0 amide bonds. The van der Waals surface area contributed by atoms with Crippen LogP contribution in [0, 0.1) is 0 Å². The monoisotopic (exact) mass is 271 g/mol. The molecule has 0 aromatic carbocycles. The van der Waals surface area contributed by atoms with E-state index in [9.17, 15) is 13.5 Å². The van der Waals surface area contributed by atoms with Gasteiger partial charge in [0, 0.05) is 25.3 Å². The summed E-state index contributed by atoms with van der Waals surface area (Å²) in [6.07, 6.45) is 1.87. The number of hydrogen-bond donors (Lipinski definition) is 2. The molecule has 0 saturated carbocycles. The molecule has 0 bridgehead atoms. The van der Waals surface area contributed by atoms with E-state index in [2.05, 4.69) is 4.98 Å². The third kappa shape index (κ3) is 2.69. The standard InChI is InChI=1S/C11H17N3O3S/c12-9-4-3-7-14(8-10(9)15)18(16,17)11-5-1-2-6-13-11/h1-2,5-6,9-10,15H,3-4,7-8,12H2. The summed E-state index contributed by atoms with van der Waals surface area (Å²) >= 11 is 0. The second kappa shape index (κ2) is 5.31. The molecule has 3 N–H and O–H groups in total. The number of sulfonamides is 1. The van der Waals surface area contributed by atoms with Gasteiger partial charge in [-0.25, -0.2) is 13.4 Å². The van der Waals surface area contributed by atoms with Crippen molar-refractivity contribution in [3.63, 3.8) is 0 Å². The summed E-state index contributed by atoms with van der Waals surface area (Å²) in [6, 6.07) is 4.37. The molecule has 1 aromatic heterocycles. The van der Waals surface area contributed by atoms with E-state index in [0.717, 1.165) is 0 Å². The lowest BCUT2D eigenvalue weighted by molar-refractivity contribution is 0.130. The van der Waals surface area contributed by atoms with Crippen LogP contribution in [0.3, 0.4) is 0 Å². The van der Waals surface area contributed by atoms with E-state index in [0.29, 0.717) is 19.4 Å². The van der Waals surface area contributed by atoms with E-state index in [4.69, 9.17) is 5.73 Å². The second-order valence-electron chi connectivity index (χ2n) is 4.40. The van der Waals surface area contributed by atoms with Crippen molar-refractivity contribution in [2.75, 3.05) is 13.1 Å². The van der Waals surface area contributed by atoms with Crippen molar-refractivity contribution in [2.45, 2.75) is 30.0 Å². The van der Waals surface area contributed by atoms with Crippen molar-refractivity contribution in [2.24, 2.45) is 5.73 Å². The van der Waals surface area contributed by atoms with Crippen molar-refractivity contribution in [1.29, 1.82) is 0 Å². The minimum Gasteiger partial charge on any atom is -0.390 e. The van der Waals surface area contributed by atoms with E-state index in [1.54, 1.807) is 12.1 Å². The fourth-order valence-electron chi connectivity index (χ4n) is 1.98. The zero-order valence-electron chi connectivity index (χ0n) is 9.94. The third-order valence-corrected chi connectivity index (χ3v) is 4.85. The lowest BCUT2D eigenvalue weighted by atomic mass is 10.1. The van der Waals surface area contributed by atoms with Gasteiger partial charge in [-0.3, -0.25) is 0 Å². The Morgan fingerprint density at radius 3 is 2.89 bits per heavy atom. The van der Waals surface area contributed by atoms with Crippen LogP contribution < -0.4 is 5.73 Å². The van der Waals surface area contributed by atoms with Gasteiger partial charge in [0.25, 0.3) is 10.0 Å². The molecule has 1 saturated heterocycles. The molecule has 2 heterocycles. The van der Waals surface area contributed by atoms with Crippen molar-refractivity contribution in [1.82, 2.24) is 9.29 Å². The van der Waals surface area contributed by atoms with E-state index < -0.39 is 16.1 Å². The van der Waals surface area contributed by atoms with Gasteiger partial charge in [0.15, 0.2) is 5.03 Å². The molecule has 100 valence electrons. The Morgan fingerprint density at radius 1 is 1.44 bits per heavy atom. The Bertz CT molecular complexity index is 492. The average Bonchev–Trinajstić information content (AvgIpc) is 2.54. The number of pyridine rings is 1. The van der Waals surface area contributed by atoms with Crippen LogP contribution in [0.2, 0.25) is 0 Å². The molecule has 2 atom stereocenters. The zero-order valence-corrected chi connectivity index (χ0v) is 10.8. The molecule has 6 nitrogen and oxygen atoms in total. The number of nitrogens with two attached hydrogens (primary N) is 1. The van der Waals surface area contributed by atoms with E-state index in [1.807, 2.05) is 0 Å². The van der Waals surface area contributed by atoms with Gasteiger partial charge in [-0.2, -0.15) is 4.31 Å². The number of rotatable bonds is 2. The lowest BCUT2D eigenvalue weighted by Crippen LogP contribution is -2.42. The van der Waals surface area contributed by atoms with Gasteiger partial charge >= 0.3 is 0 Å². The van der Waals surface area contributed by atoms with Crippen molar-refractivity contribution < 1.29 is 13.5 Å². The number of nitrogens with zero attached hydrogens (tertiary/aromatic N) is 2. The molecule has 0 spiro atoms. The van der Waals surface area contributed by atoms with Crippen LogP contribution in [0.5, 0.6) is 0 Å². The predicted octanol–water partition coefficient (Wildman–Crippen LogP) is -0.446. The van der Waals surface area contributed by atoms with Crippen molar-refractivity contribution in [3.8, 4) is 0 Å². The number of aliphatic hydroxyl groups excluding tert-OH is 1. The number of β-amino-alcohol motifs (C(OH)–C–C–N with tert-alkyl or cyclic N) is 1. The predicted molar refractivity (Wildman–Crippen MR) is 66.2 cm³/mol. The summed E-state index contributed by atoms with van der Waals surface area (Å²) in [6.45, 7) is 0.393. The maximum Gasteiger partial charge on any atom is 0.260 e. The Hall–Kier alpha value is -1.02. The Labute approximate surface area is 106 Å². The molecule has 2 unspecified atom stereocenters. The normalized spacial score (nSPS) is 26.8. The average molecular weight is 271 g/mol. The summed E-state index contributed by atoms with van der Waals surface area (Å²) in [5.41, 5.74) is 5.74. The summed E-state index contributed by atoms with van der Waals surface area (Å²) in [5, 5.41) is 9.79. The first-order valence-electron chi connectivity index (χ1n) is 5.86. The van der Waals surface area contributed by atoms with Gasteiger partial charge in [-0.05, 0) is 25.0 Å². The van der Waals surface area contributed by atoms with Crippen LogP contribution in [-0.4, -0.2) is 48.0 Å². The topological polar surface area (TPSA) is 96.5 Å². The Kier molecular flexibility index (Phi) is 3.96. The smallest absolute Gasteiger partial charge is 0.260 e. The first-order valence-corrected chi connectivity index (χ1v) is 7.30. The van der Waals surface area contributed by atoms with Crippen LogP contribution in [0.4, 0.5) is 0 Å². The van der Waals surface area contributed by atoms with E-state index in [-0.39, 0.29) is 17.6 Å². The van der Waals surface area contributed by atoms with Gasteiger partial charge in [-0.15, -0.1) is 0 Å². The fourth-order valence-corrected chi connectivity index (χ4v) is 3.41. The first kappa shape index (κ1) is 13.4. The van der Waals surface area contributed by atoms with Gasteiger partial charge in [0.1, 0.15) is 0 Å². The van der Waals surface area contributed by atoms with Crippen molar-refractivity contribution >= 4 is 10.0 Å². The van der Waals surface area contributed by atoms with Crippen LogP contribution in [0.1, 0.15) is 12.8 Å². The maximum atomic E-state index is 12.3. The lowest BCUT2D eigenvalue weighted by Gasteiger charge is -2.22. The summed E-state index contributed by atoms with van der Waals surface area (Å²) in [7, 11) is -3.64. The van der Waals surface area contributed by atoms with E-state index in [1.165, 1.54) is 16.6 Å². The summed E-state index contributed by atoms with van der Waals surface area (Å²) < 4.78 is 25.9. The largest absolute Gasteiger partial charge is 0.390 e. The number of aliphatic hydroxyl groups is 1. The van der Waals surface area contributed by atoms with Gasteiger partial charge in [-0.1, -0.05) is 6.07 Å². The Balaban J connectivity index is 2.25. The molecule has 1 fully saturated rings. The highest BCUT2D eigenvalue weighted by molar-refractivity contribution is 7.89. The number of hydrogen-bond acceptors (Lipinski definition) is 5. The Morgan fingerprint density at radius 2 is 2.22 bits per heavy atom. The SMILES string of the molecule is NC1CCCN(S(=O)(=O)c2ccccn2)CC1O. The molecule has 1 aliphatic heterocycles. The highest BCUT2D eigenvalue weighted by Crippen LogP contribution is 2.18. The highest BCUT2D eigenvalue weighted by Gasteiger charge is 2.31. The molecule has 1 aliphatic rings. The zero-order chi connectivity index (χ0) is 13.2. The first-order chi connectivity index (χ1) is 8.51. The summed E-state index contributed by atoms with van der Waals surface area (Å²) in [5.74, 6) is 0. The maximum absolute atomic E-state index is 12.3. The minimum absolute atomic E-state index is 0.00710. The second-order valence-corrected chi connectivity index (χ2v) is 6.29. The van der Waals surface area contributed by atoms with Crippen molar-refractivity contribution in [3.05, 3.63) is 24.4 Å². The highest BCUT2D eigenvalue weighted by atomic mass is 32.2. The fraction of sp³-hybridized carbons (Fsp3) is 0.545. The van der Waals surface area contributed by atoms with Gasteiger partial charge < -0.3 is 10.8 Å². The van der Waals surface area contributed by atoms with Crippen LogP contribution >= 0.6 is 0 Å². The molecule has 7 heteroatoms. The van der Waals surface area contributed by atoms with E-state index >= 15 is 0 Å². The molecule has 0 aliphatic carbocycles. The minimum atomic E-state index is -3.64. The van der Waals surface area contributed by atoms with Gasteiger partial charge in [0.05, 0.1) is 6.10 Å². The van der Waals surface area contributed by atoms with Crippen LogP contribution in [-0.2, 0) is 10.0 Å². The third-order valence-electron chi connectivity index (χ3n) is 3.07. The van der Waals surface area contributed by atoms with Crippen LogP contribution in [0.15, 0.2) is 29.4 Å². The number of aromatic nitrogens is 1. The molecular formula is C11H17N3O3S. The molecule has 1 aromatic rings. The summed E-state index contributed by atoms with van der Waals surface area (Å²) in [4.78, 5) is 3.86. The van der Waals surface area contributed by atoms with Gasteiger partial charge in [0.2, 0.25) is 0 Å². The molecular weight excluding hydrogens is 254 g/mol. The molecule has 0 radical (unpaired) electrons. The molecule has 2 rings (SSSR count).